The SMILES string of the molecule is COCCN(c1ccc([C@@H](C)O)c(Br)c1)C(C)C. The predicted molar refractivity (Wildman–Crippen MR) is 79.1 cm³/mol. The van der Waals surface area contributed by atoms with E-state index in [9.17, 15) is 5.11 Å². The lowest BCUT2D eigenvalue weighted by molar-refractivity contribution is 0.198. The standard InChI is InChI=1S/C14H22BrNO2/c1-10(2)16(7-8-18-4)12-5-6-13(11(3)17)14(15)9-12/h5-6,9-11,17H,7-8H2,1-4H3/t11-/m1/s1. The highest BCUT2D eigenvalue weighted by molar-refractivity contribution is 9.10. The monoisotopic (exact) mass is 315 g/mol. The van der Waals surface area contributed by atoms with Crippen molar-refractivity contribution < 1.29 is 9.84 Å². The normalized spacial score (nSPS) is 12.8. The van der Waals surface area contributed by atoms with Crippen LogP contribution in [0.5, 0.6) is 0 Å². The zero-order valence-corrected chi connectivity index (χ0v) is 13.1. The molecular weight excluding hydrogens is 294 g/mol. The van der Waals surface area contributed by atoms with Crippen molar-refractivity contribution in [2.45, 2.75) is 32.9 Å². The van der Waals surface area contributed by atoms with E-state index in [1.807, 2.05) is 12.1 Å². The molecule has 0 fully saturated rings. The van der Waals surface area contributed by atoms with Crippen molar-refractivity contribution in [3.05, 3.63) is 28.2 Å². The second-order valence-electron chi connectivity index (χ2n) is 4.66. The molecule has 1 aromatic carbocycles. The number of rotatable bonds is 6. The quantitative estimate of drug-likeness (QED) is 0.873. The molecule has 4 heteroatoms. The number of methoxy groups -OCH3 is 1. The van der Waals surface area contributed by atoms with Crippen LogP contribution in [0.4, 0.5) is 5.69 Å². The molecule has 1 aromatic rings. The highest BCUT2D eigenvalue weighted by atomic mass is 79.9. The number of ether oxygens (including phenoxy) is 1. The van der Waals surface area contributed by atoms with Gasteiger partial charge in [0.05, 0.1) is 12.7 Å². The Morgan fingerprint density at radius 1 is 1.33 bits per heavy atom. The van der Waals surface area contributed by atoms with E-state index in [0.717, 1.165) is 22.3 Å². The number of hydrogen-bond acceptors (Lipinski definition) is 3. The molecule has 0 amide bonds. The first kappa shape index (κ1) is 15.5. The van der Waals surface area contributed by atoms with Gasteiger partial charge >= 0.3 is 0 Å². The molecular formula is C14H22BrNO2. The average molecular weight is 316 g/mol. The van der Waals surface area contributed by atoms with Crippen LogP contribution in [0, 0.1) is 0 Å². The highest BCUT2D eigenvalue weighted by Crippen LogP contribution is 2.29. The molecule has 1 atom stereocenters. The lowest BCUT2D eigenvalue weighted by atomic mass is 10.1. The second-order valence-corrected chi connectivity index (χ2v) is 5.52. The van der Waals surface area contributed by atoms with Gasteiger partial charge in [-0.15, -0.1) is 0 Å². The topological polar surface area (TPSA) is 32.7 Å². The van der Waals surface area contributed by atoms with Crippen molar-refractivity contribution in [2.24, 2.45) is 0 Å². The number of benzene rings is 1. The van der Waals surface area contributed by atoms with E-state index in [1.165, 1.54) is 0 Å². The van der Waals surface area contributed by atoms with Crippen LogP contribution in [0.2, 0.25) is 0 Å². The lowest BCUT2D eigenvalue weighted by Crippen LogP contribution is -2.33. The molecule has 0 unspecified atom stereocenters. The van der Waals surface area contributed by atoms with Crippen molar-refractivity contribution in [1.29, 1.82) is 0 Å². The summed E-state index contributed by atoms with van der Waals surface area (Å²) in [5, 5.41) is 9.62. The maximum atomic E-state index is 9.62. The number of aliphatic hydroxyl groups excluding tert-OH is 1. The first-order valence-corrected chi connectivity index (χ1v) is 6.99. The number of hydrogen-bond donors (Lipinski definition) is 1. The highest BCUT2D eigenvalue weighted by Gasteiger charge is 2.13. The van der Waals surface area contributed by atoms with Gasteiger partial charge in [0.1, 0.15) is 0 Å². The maximum Gasteiger partial charge on any atom is 0.0772 e. The minimum absolute atomic E-state index is 0.407. The van der Waals surface area contributed by atoms with Crippen LogP contribution in [0.3, 0.4) is 0 Å². The summed E-state index contributed by atoms with van der Waals surface area (Å²) in [7, 11) is 1.71. The van der Waals surface area contributed by atoms with Crippen LogP contribution in [0.25, 0.3) is 0 Å². The first-order chi connectivity index (χ1) is 8.47. The number of nitrogens with zero attached hydrogens (tertiary/aromatic N) is 1. The predicted octanol–water partition coefficient (Wildman–Crippen LogP) is 3.36. The molecule has 0 aliphatic rings. The summed E-state index contributed by atoms with van der Waals surface area (Å²) in [6.07, 6.45) is -0.458. The zero-order valence-electron chi connectivity index (χ0n) is 11.5. The number of halogens is 1. The molecule has 0 bridgehead atoms. The zero-order chi connectivity index (χ0) is 13.7. The van der Waals surface area contributed by atoms with Crippen LogP contribution < -0.4 is 4.90 Å². The van der Waals surface area contributed by atoms with Crippen LogP contribution in [0.1, 0.15) is 32.4 Å². The lowest BCUT2D eigenvalue weighted by Gasteiger charge is -2.29. The molecule has 102 valence electrons. The van der Waals surface area contributed by atoms with E-state index < -0.39 is 6.10 Å². The summed E-state index contributed by atoms with van der Waals surface area (Å²) in [6.45, 7) is 7.64. The van der Waals surface area contributed by atoms with Crippen LogP contribution >= 0.6 is 15.9 Å². The summed E-state index contributed by atoms with van der Waals surface area (Å²) in [5.41, 5.74) is 2.05. The Kier molecular flexibility index (Phi) is 6.12. The molecule has 18 heavy (non-hydrogen) atoms. The van der Waals surface area contributed by atoms with E-state index in [-0.39, 0.29) is 0 Å². The molecule has 1 rings (SSSR count). The van der Waals surface area contributed by atoms with Gasteiger partial charge in [-0.2, -0.15) is 0 Å². The molecule has 0 aliphatic heterocycles. The van der Waals surface area contributed by atoms with Gasteiger partial charge in [0.25, 0.3) is 0 Å². The minimum Gasteiger partial charge on any atom is -0.389 e. The smallest absolute Gasteiger partial charge is 0.0772 e. The van der Waals surface area contributed by atoms with Gasteiger partial charge in [0.2, 0.25) is 0 Å². The van der Waals surface area contributed by atoms with Gasteiger partial charge in [-0.05, 0) is 38.5 Å². The van der Waals surface area contributed by atoms with Crippen molar-refractivity contribution in [2.75, 3.05) is 25.2 Å². The van der Waals surface area contributed by atoms with Crippen molar-refractivity contribution in [1.82, 2.24) is 0 Å². The second kappa shape index (κ2) is 7.12. The van der Waals surface area contributed by atoms with Crippen LogP contribution in [-0.2, 0) is 4.74 Å². The van der Waals surface area contributed by atoms with Crippen LogP contribution in [0.15, 0.2) is 22.7 Å². The van der Waals surface area contributed by atoms with E-state index in [2.05, 4.69) is 40.7 Å². The Balaban J connectivity index is 2.95. The van der Waals surface area contributed by atoms with Gasteiger partial charge in [-0.1, -0.05) is 22.0 Å². The molecule has 0 heterocycles. The van der Waals surface area contributed by atoms with E-state index in [0.29, 0.717) is 12.6 Å². The van der Waals surface area contributed by atoms with Crippen molar-refractivity contribution in [3.8, 4) is 0 Å². The van der Waals surface area contributed by atoms with Gasteiger partial charge in [0.15, 0.2) is 0 Å². The summed E-state index contributed by atoms with van der Waals surface area (Å²) >= 11 is 3.52. The minimum atomic E-state index is -0.458. The molecule has 0 aromatic heterocycles. The Morgan fingerprint density at radius 3 is 2.44 bits per heavy atom. The van der Waals surface area contributed by atoms with E-state index in [4.69, 9.17) is 4.74 Å². The van der Waals surface area contributed by atoms with Crippen molar-refractivity contribution in [3.63, 3.8) is 0 Å². The Hall–Kier alpha value is -0.580. The van der Waals surface area contributed by atoms with Gasteiger partial charge in [0, 0.05) is 29.9 Å². The fourth-order valence-electron chi connectivity index (χ4n) is 1.91. The van der Waals surface area contributed by atoms with Gasteiger partial charge < -0.3 is 14.7 Å². The molecule has 0 saturated carbocycles. The third-order valence-electron chi connectivity index (χ3n) is 2.93. The molecule has 0 radical (unpaired) electrons. The third-order valence-corrected chi connectivity index (χ3v) is 3.61. The molecule has 3 nitrogen and oxygen atoms in total. The fraction of sp³-hybridized carbons (Fsp3) is 0.571. The molecule has 1 N–H and O–H groups in total. The number of anilines is 1. The largest absolute Gasteiger partial charge is 0.389 e. The first-order valence-electron chi connectivity index (χ1n) is 6.20. The Morgan fingerprint density at radius 2 is 2.00 bits per heavy atom. The molecule has 0 spiro atoms. The fourth-order valence-corrected chi connectivity index (χ4v) is 2.61. The van der Waals surface area contributed by atoms with Gasteiger partial charge in [-0.25, -0.2) is 0 Å². The van der Waals surface area contributed by atoms with Gasteiger partial charge in [-0.3, -0.25) is 0 Å². The summed E-state index contributed by atoms with van der Waals surface area (Å²) in [5.74, 6) is 0. The summed E-state index contributed by atoms with van der Waals surface area (Å²) in [6, 6.07) is 6.47. The van der Waals surface area contributed by atoms with Crippen LogP contribution in [-0.4, -0.2) is 31.4 Å². The Bertz CT molecular complexity index is 380. The Labute approximate surface area is 118 Å². The summed E-state index contributed by atoms with van der Waals surface area (Å²) < 4.78 is 6.09. The van der Waals surface area contributed by atoms with E-state index in [1.54, 1.807) is 14.0 Å². The maximum absolute atomic E-state index is 9.62. The van der Waals surface area contributed by atoms with Crippen molar-refractivity contribution >= 4 is 21.6 Å². The van der Waals surface area contributed by atoms with E-state index >= 15 is 0 Å². The average Bonchev–Trinajstić information content (AvgIpc) is 2.28. The summed E-state index contributed by atoms with van der Waals surface area (Å²) in [4.78, 5) is 2.28. The molecule has 0 aliphatic carbocycles. The third kappa shape index (κ3) is 3.97. The molecule has 0 saturated heterocycles. The number of aliphatic hydroxyl groups is 1.